The van der Waals surface area contributed by atoms with Crippen LogP contribution in [0.15, 0.2) is 34.9 Å². The molecule has 0 atom stereocenters. The Hall–Kier alpha value is -2.14. The lowest BCUT2D eigenvalue weighted by molar-refractivity contribution is 0.431. The van der Waals surface area contributed by atoms with Crippen LogP contribution >= 0.6 is 11.6 Å². The van der Waals surface area contributed by atoms with Crippen LogP contribution in [-0.2, 0) is 0 Å². The maximum Gasteiger partial charge on any atom is 0.278 e. The van der Waals surface area contributed by atoms with Gasteiger partial charge in [-0.2, -0.15) is 10.1 Å². The summed E-state index contributed by atoms with van der Waals surface area (Å²) in [6, 6.07) is 9.18. The van der Waals surface area contributed by atoms with Crippen molar-refractivity contribution in [2.24, 2.45) is 0 Å². The molecule has 18 heavy (non-hydrogen) atoms. The molecule has 1 N–H and O–H groups in total. The number of H-pyrrole nitrogens is 1. The number of aromatic nitrogens is 4. The molecule has 0 spiro atoms. The van der Waals surface area contributed by atoms with Gasteiger partial charge in [0, 0.05) is 11.3 Å². The van der Waals surface area contributed by atoms with Crippen LogP contribution in [0.25, 0.3) is 23.0 Å². The van der Waals surface area contributed by atoms with Crippen LogP contribution in [0, 0.1) is 6.92 Å². The minimum absolute atomic E-state index is 0.370. The molecule has 3 aromatic rings. The van der Waals surface area contributed by atoms with E-state index in [-0.39, 0.29) is 0 Å². The molecule has 2 aromatic heterocycles. The Labute approximate surface area is 108 Å². The first-order valence-corrected chi connectivity index (χ1v) is 5.73. The van der Waals surface area contributed by atoms with E-state index in [1.807, 2.05) is 31.2 Å². The molecular formula is C12H9ClN4O. The van der Waals surface area contributed by atoms with Gasteiger partial charge in [-0.1, -0.05) is 28.9 Å². The fourth-order valence-electron chi connectivity index (χ4n) is 1.61. The van der Waals surface area contributed by atoms with Crippen molar-refractivity contribution >= 4 is 11.6 Å². The van der Waals surface area contributed by atoms with Crippen molar-refractivity contribution in [3.63, 3.8) is 0 Å². The Kier molecular flexibility index (Phi) is 2.60. The van der Waals surface area contributed by atoms with Gasteiger partial charge in [-0.05, 0) is 25.1 Å². The first-order chi connectivity index (χ1) is 8.74. The Morgan fingerprint density at radius 2 is 2.11 bits per heavy atom. The van der Waals surface area contributed by atoms with E-state index in [9.17, 15) is 0 Å². The quantitative estimate of drug-likeness (QED) is 0.769. The normalized spacial score (nSPS) is 10.8. The Morgan fingerprint density at radius 1 is 1.28 bits per heavy atom. The summed E-state index contributed by atoms with van der Waals surface area (Å²) >= 11 is 6.07. The molecule has 0 aliphatic heterocycles. The second-order valence-electron chi connectivity index (χ2n) is 3.84. The summed E-state index contributed by atoms with van der Waals surface area (Å²) in [6.07, 6.45) is 0. The number of rotatable bonds is 2. The summed E-state index contributed by atoms with van der Waals surface area (Å²) in [4.78, 5) is 4.28. The van der Waals surface area contributed by atoms with Gasteiger partial charge in [0.2, 0.25) is 5.82 Å². The summed E-state index contributed by atoms with van der Waals surface area (Å²) < 4.78 is 5.17. The van der Waals surface area contributed by atoms with Crippen LogP contribution in [-0.4, -0.2) is 20.3 Å². The highest BCUT2D eigenvalue weighted by Gasteiger charge is 2.14. The van der Waals surface area contributed by atoms with Gasteiger partial charge in [0.1, 0.15) is 0 Å². The summed E-state index contributed by atoms with van der Waals surface area (Å²) in [6.45, 7) is 1.90. The molecule has 0 saturated carbocycles. The van der Waals surface area contributed by atoms with Crippen molar-refractivity contribution in [3.8, 4) is 23.0 Å². The van der Waals surface area contributed by atoms with E-state index in [4.69, 9.17) is 16.1 Å². The molecule has 0 bridgehead atoms. The molecule has 6 heteroatoms. The summed E-state index contributed by atoms with van der Waals surface area (Å²) in [5.41, 5.74) is 2.29. The SMILES string of the molecule is Cc1cc(-c2nc(-c3ccccc3Cl)no2)n[nH]1. The van der Waals surface area contributed by atoms with Gasteiger partial charge in [-0.15, -0.1) is 0 Å². The number of aromatic amines is 1. The molecule has 0 radical (unpaired) electrons. The van der Waals surface area contributed by atoms with E-state index < -0.39 is 0 Å². The van der Waals surface area contributed by atoms with Gasteiger partial charge in [0.15, 0.2) is 5.69 Å². The number of aryl methyl sites for hydroxylation is 1. The summed E-state index contributed by atoms with van der Waals surface area (Å²) in [5.74, 6) is 0.825. The first kappa shape index (κ1) is 11.0. The smallest absolute Gasteiger partial charge is 0.278 e. The van der Waals surface area contributed by atoms with Crippen LogP contribution in [0.5, 0.6) is 0 Å². The molecule has 1 aromatic carbocycles. The molecule has 0 saturated heterocycles. The van der Waals surface area contributed by atoms with E-state index in [2.05, 4.69) is 20.3 Å². The van der Waals surface area contributed by atoms with Crippen molar-refractivity contribution in [2.45, 2.75) is 6.92 Å². The van der Waals surface area contributed by atoms with Crippen molar-refractivity contribution < 1.29 is 4.52 Å². The van der Waals surface area contributed by atoms with Crippen LogP contribution < -0.4 is 0 Å². The standard InChI is InChI=1S/C12H9ClN4O/c1-7-6-10(16-15-7)12-14-11(17-18-12)8-4-2-3-5-9(8)13/h2-6H,1H3,(H,15,16). The highest BCUT2D eigenvalue weighted by molar-refractivity contribution is 6.33. The van der Waals surface area contributed by atoms with Crippen LogP contribution in [0.2, 0.25) is 5.02 Å². The average molecular weight is 261 g/mol. The average Bonchev–Trinajstić information content (AvgIpc) is 2.98. The van der Waals surface area contributed by atoms with Crippen LogP contribution in [0.4, 0.5) is 0 Å². The minimum Gasteiger partial charge on any atom is -0.332 e. The summed E-state index contributed by atoms with van der Waals surface area (Å²) in [5, 5.41) is 11.4. The summed E-state index contributed by atoms with van der Waals surface area (Å²) in [7, 11) is 0. The van der Waals surface area contributed by atoms with Gasteiger partial charge in [0.25, 0.3) is 5.89 Å². The molecular weight excluding hydrogens is 252 g/mol. The van der Waals surface area contributed by atoms with Gasteiger partial charge in [-0.25, -0.2) is 0 Å². The van der Waals surface area contributed by atoms with Gasteiger partial charge in [0.05, 0.1) is 5.02 Å². The number of halogens is 1. The number of nitrogens with zero attached hydrogens (tertiary/aromatic N) is 3. The maximum atomic E-state index is 6.07. The van der Waals surface area contributed by atoms with Crippen LogP contribution in [0.1, 0.15) is 5.69 Å². The fraction of sp³-hybridized carbons (Fsp3) is 0.0833. The monoisotopic (exact) mass is 260 g/mol. The van der Waals surface area contributed by atoms with E-state index in [1.54, 1.807) is 6.07 Å². The highest BCUT2D eigenvalue weighted by atomic mass is 35.5. The number of nitrogens with one attached hydrogen (secondary N) is 1. The van der Waals surface area contributed by atoms with Gasteiger partial charge >= 0.3 is 0 Å². The molecule has 0 aliphatic carbocycles. The zero-order valence-electron chi connectivity index (χ0n) is 9.51. The second kappa shape index (κ2) is 4.27. The van der Waals surface area contributed by atoms with Crippen molar-refractivity contribution in [3.05, 3.63) is 41.0 Å². The minimum atomic E-state index is 0.370. The third kappa shape index (κ3) is 1.89. The molecule has 3 rings (SSSR count). The lowest BCUT2D eigenvalue weighted by Gasteiger charge is -1.95. The predicted molar refractivity (Wildman–Crippen MR) is 67.1 cm³/mol. The molecule has 90 valence electrons. The van der Waals surface area contributed by atoms with E-state index in [1.165, 1.54) is 0 Å². The topological polar surface area (TPSA) is 67.6 Å². The van der Waals surface area contributed by atoms with E-state index in [0.717, 1.165) is 11.3 Å². The lowest BCUT2D eigenvalue weighted by atomic mass is 10.2. The first-order valence-electron chi connectivity index (χ1n) is 5.35. The van der Waals surface area contributed by atoms with Crippen molar-refractivity contribution in [1.82, 2.24) is 20.3 Å². The van der Waals surface area contributed by atoms with E-state index >= 15 is 0 Å². The molecule has 5 nitrogen and oxygen atoms in total. The molecule has 0 amide bonds. The number of hydrogen-bond donors (Lipinski definition) is 1. The zero-order valence-corrected chi connectivity index (χ0v) is 10.3. The Balaban J connectivity index is 2.02. The zero-order chi connectivity index (χ0) is 12.5. The lowest BCUT2D eigenvalue weighted by Crippen LogP contribution is -1.82. The maximum absolute atomic E-state index is 6.07. The molecule has 0 fully saturated rings. The fourth-order valence-corrected chi connectivity index (χ4v) is 1.83. The van der Waals surface area contributed by atoms with Gasteiger partial charge in [-0.3, -0.25) is 5.10 Å². The second-order valence-corrected chi connectivity index (χ2v) is 4.25. The highest BCUT2D eigenvalue weighted by Crippen LogP contribution is 2.26. The molecule has 2 heterocycles. The Bertz CT molecular complexity index is 689. The molecule has 0 unspecified atom stereocenters. The predicted octanol–water partition coefficient (Wildman–Crippen LogP) is 3.09. The number of benzene rings is 1. The van der Waals surface area contributed by atoms with Crippen molar-refractivity contribution in [2.75, 3.05) is 0 Å². The van der Waals surface area contributed by atoms with Gasteiger partial charge < -0.3 is 4.52 Å². The number of hydrogen-bond acceptors (Lipinski definition) is 4. The Morgan fingerprint density at radius 3 is 2.83 bits per heavy atom. The largest absolute Gasteiger partial charge is 0.332 e. The van der Waals surface area contributed by atoms with Crippen molar-refractivity contribution in [1.29, 1.82) is 0 Å². The molecule has 0 aliphatic rings. The third-order valence-electron chi connectivity index (χ3n) is 2.47. The van der Waals surface area contributed by atoms with E-state index in [0.29, 0.717) is 22.4 Å². The third-order valence-corrected chi connectivity index (χ3v) is 2.80. The van der Waals surface area contributed by atoms with Crippen LogP contribution in [0.3, 0.4) is 0 Å².